The van der Waals surface area contributed by atoms with Crippen LogP contribution < -0.4 is 5.32 Å². The van der Waals surface area contributed by atoms with Crippen LogP contribution in [0.1, 0.15) is 35.9 Å². The van der Waals surface area contributed by atoms with Crippen molar-refractivity contribution in [1.82, 2.24) is 15.0 Å². The normalized spacial score (nSPS) is 10.9. The van der Waals surface area contributed by atoms with Crippen molar-refractivity contribution < 1.29 is 13.6 Å². The lowest BCUT2D eigenvalue weighted by molar-refractivity contribution is 0.102. The van der Waals surface area contributed by atoms with Crippen molar-refractivity contribution in [2.45, 2.75) is 19.8 Å². The van der Waals surface area contributed by atoms with E-state index in [2.05, 4.69) is 20.3 Å². The molecule has 0 saturated carbocycles. The van der Waals surface area contributed by atoms with Crippen LogP contribution in [-0.4, -0.2) is 20.9 Å². The number of hydrogen-bond acceptors (Lipinski definition) is 4. The minimum Gasteiger partial charge on any atom is -0.319 e. The zero-order valence-electron chi connectivity index (χ0n) is 14.5. The second kappa shape index (κ2) is 7.75. The molecule has 2 heterocycles. The van der Waals surface area contributed by atoms with E-state index in [-0.39, 0.29) is 33.4 Å². The summed E-state index contributed by atoms with van der Waals surface area (Å²) in [7, 11) is 0. The van der Waals surface area contributed by atoms with Gasteiger partial charge >= 0.3 is 0 Å². The summed E-state index contributed by atoms with van der Waals surface area (Å²) < 4.78 is 27.4. The van der Waals surface area contributed by atoms with Crippen molar-refractivity contribution in [2.75, 3.05) is 5.32 Å². The molecule has 0 atom stereocenters. The molecule has 1 aromatic carbocycles. The number of anilines is 1. The Morgan fingerprint density at radius 1 is 1.07 bits per heavy atom. The van der Waals surface area contributed by atoms with Crippen LogP contribution in [0.25, 0.3) is 11.1 Å². The Labute approximate surface area is 159 Å². The molecule has 3 rings (SSSR count). The van der Waals surface area contributed by atoms with Gasteiger partial charge in [-0.1, -0.05) is 25.4 Å². The summed E-state index contributed by atoms with van der Waals surface area (Å²) in [5.74, 6) is -1.27. The zero-order chi connectivity index (χ0) is 19.6. The second-order valence-corrected chi connectivity index (χ2v) is 6.45. The summed E-state index contributed by atoms with van der Waals surface area (Å²) in [6.45, 7) is 3.88. The highest BCUT2D eigenvalue weighted by Gasteiger charge is 2.18. The van der Waals surface area contributed by atoms with Crippen molar-refractivity contribution >= 4 is 23.2 Å². The van der Waals surface area contributed by atoms with Crippen molar-refractivity contribution in [3.63, 3.8) is 0 Å². The lowest BCUT2D eigenvalue weighted by Gasteiger charge is -2.13. The van der Waals surface area contributed by atoms with Gasteiger partial charge < -0.3 is 5.32 Å². The van der Waals surface area contributed by atoms with Gasteiger partial charge in [0, 0.05) is 41.7 Å². The fourth-order valence-corrected chi connectivity index (χ4v) is 2.63. The van der Waals surface area contributed by atoms with E-state index in [0.717, 1.165) is 12.1 Å². The Bertz CT molecular complexity index is 993. The van der Waals surface area contributed by atoms with Crippen LogP contribution >= 0.6 is 11.6 Å². The van der Waals surface area contributed by atoms with E-state index >= 15 is 0 Å². The van der Waals surface area contributed by atoms with Crippen molar-refractivity contribution in [1.29, 1.82) is 0 Å². The molecule has 0 saturated heterocycles. The average molecular weight is 389 g/mol. The maximum atomic E-state index is 14.2. The summed E-state index contributed by atoms with van der Waals surface area (Å²) in [4.78, 5) is 24.7. The van der Waals surface area contributed by atoms with Crippen LogP contribution in [0.5, 0.6) is 0 Å². The Balaban J connectivity index is 1.96. The third-order valence-corrected chi connectivity index (χ3v) is 4.10. The Hall–Kier alpha value is -2.93. The summed E-state index contributed by atoms with van der Waals surface area (Å²) in [6.07, 6.45) is 4.18. The lowest BCUT2D eigenvalue weighted by atomic mass is 10.0. The molecule has 0 aliphatic heterocycles. The molecule has 1 amide bonds. The molecule has 0 fully saturated rings. The van der Waals surface area contributed by atoms with Crippen LogP contribution in [-0.2, 0) is 0 Å². The minimum atomic E-state index is -0.780. The molecule has 0 radical (unpaired) electrons. The van der Waals surface area contributed by atoms with E-state index in [1.165, 1.54) is 30.7 Å². The minimum absolute atomic E-state index is 0.0238. The summed E-state index contributed by atoms with van der Waals surface area (Å²) in [5.41, 5.74) is 0.690. The first-order valence-corrected chi connectivity index (χ1v) is 8.48. The maximum Gasteiger partial charge on any atom is 0.258 e. The van der Waals surface area contributed by atoms with E-state index in [0.29, 0.717) is 5.82 Å². The fourth-order valence-electron chi connectivity index (χ4n) is 2.43. The molecule has 138 valence electrons. The van der Waals surface area contributed by atoms with Gasteiger partial charge in [0.25, 0.3) is 5.91 Å². The summed E-state index contributed by atoms with van der Waals surface area (Å²) in [6, 6.07) is 4.63. The molecule has 0 unspecified atom stereocenters. The lowest BCUT2D eigenvalue weighted by Crippen LogP contribution is -2.15. The largest absolute Gasteiger partial charge is 0.319 e. The van der Waals surface area contributed by atoms with Crippen molar-refractivity contribution in [3.05, 3.63) is 71.0 Å². The highest BCUT2D eigenvalue weighted by molar-refractivity contribution is 6.33. The van der Waals surface area contributed by atoms with Crippen LogP contribution in [0, 0.1) is 11.6 Å². The summed E-state index contributed by atoms with van der Waals surface area (Å²) >= 11 is 6.11. The number of nitrogens with one attached hydrogen (secondary N) is 1. The molecule has 5 nitrogen and oxygen atoms in total. The van der Waals surface area contributed by atoms with E-state index in [4.69, 9.17) is 11.6 Å². The Morgan fingerprint density at radius 3 is 2.41 bits per heavy atom. The average Bonchev–Trinajstić information content (AvgIpc) is 2.63. The van der Waals surface area contributed by atoms with Gasteiger partial charge in [-0.25, -0.2) is 23.7 Å². The van der Waals surface area contributed by atoms with E-state index in [1.807, 2.05) is 13.8 Å². The molecule has 2 aromatic heterocycles. The highest BCUT2D eigenvalue weighted by atomic mass is 35.5. The van der Waals surface area contributed by atoms with Gasteiger partial charge in [0.15, 0.2) is 5.15 Å². The number of amides is 1. The number of benzene rings is 1. The van der Waals surface area contributed by atoms with Crippen molar-refractivity contribution in [2.24, 2.45) is 0 Å². The fraction of sp³-hybridized carbons (Fsp3) is 0.158. The zero-order valence-corrected chi connectivity index (χ0v) is 15.3. The molecule has 27 heavy (non-hydrogen) atoms. The van der Waals surface area contributed by atoms with Crippen LogP contribution in [0.15, 0.2) is 42.9 Å². The number of aromatic nitrogens is 3. The third-order valence-electron chi connectivity index (χ3n) is 3.81. The molecule has 0 aliphatic carbocycles. The van der Waals surface area contributed by atoms with Gasteiger partial charge in [-0.15, -0.1) is 0 Å². The first-order valence-electron chi connectivity index (χ1n) is 8.10. The monoisotopic (exact) mass is 388 g/mol. The van der Waals surface area contributed by atoms with Gasteiger partial charge in [-0.3, -0.25) is 4.79 Å². The topological polar surface area (TPSA) is 67.8 Å². The van der Waals surface area contributed by atoms with Gasteiger partial charge in [0.1, 0.15) is 17.5 Å². The number of nitrogens with zero attached hydrogens (tertiary/aromatic N) is 3. The van der Waals surface area contributed by atoms with Gasteiger partial charge in [0.2, 0.25) is 0 Å². The van der Waals surface area contributed by atoms with Crippen LogP contribution in [0.2, 0.25) is 5.15 Å². The molecule has 1 N–H and O–H groups in total. The first kappa shape index (κ1) is 18.8. The molecular formula is C19H15ClF2N4O. The first-order chi connectivity index (χ1) is 12.9. The Kier molecular flexibility index (Phi) is 5.41. The number of pyridine rings is 1. The highest BCUT2D eigenvalue weighted by Crippen LogP contribution is 2.34. The van der Waals surface area contributed by atoms with E-state index in [1.54, 1.807) is 0 Å². The van der Waals surface area contributed by atoms with E-state index < -0.39 is 17.5 Å². The second-order valence-electron chi connectivity index (χ2n) is 6.09. The van der Waals surface area contributed by atoms with E-state index in [9.17, 15) is 13.6 Å². The number of carbonyl (C=O) groups is 1. The van der Waals surface area contributed by atoms with Gasteiger partial charge in [0.05, 0.1) is 11.3 Å². The number of halogens is 3. The molecule has 8 heteroatoms. The molecule has 0 bridgehead atoms. The quantitative estimate of drug-likeness (QED) is 0.649. The standard InChI is InChI=1S/C19H15ClF2N4O/c1-10(2)18-24-8-11(9-25-18)19(27)26-16-14(5-6-23-17(16)20)13-4-3-12(21)7-15(13)22/h3-10H,1-2H3,(H,26,27). The molecule has 3 aromatic rings. The SMILES string of the molecule is CC(C)c1ncc(C(=O)Nc2c(-c3ccc(F)cc3F)ccnc2Cl)cn1. The predicted molar refractivity (Wildman–Crippen MR) is 98.7 cm³/mol. The molecular weight excluding hydrogens is 374 g/mol. The van der Waals surface area contributed by atoms with Gasteiger partial charge in [-0.2, -0.15) is 0 Å². The molecule has 0 aliphatic rings. The number of rotatable bonds is 4. The summed E-state index contributed by atoms with van der Waals surface area (Å²) in [5, 5.41) is 2.59. The smallest absolute Gasteiger partial charge is 0.258 e. The van der Waals surface area contributed by atoms with Crippen LogP contribution in [0.3, 0.4) is 0 Å². The van der Waals surface area contributed by atoms with Crippen molar-refractivity contribution in [3.8, 4) is 11.1 Å². The third kappa shape index (κ3) is 4.09. The van der Waals surface area contributed by atoms with Crippen LogP contribution in [0.4, 0.5) is 14.5 Å². The number of hydrogen-bond donors (Lipinski definition) is 1. The van der Waals surface area contributed by atoms with Gasteiger partial charge in [-0.05, 0) is 18.2 Å². The predicted octanol–water partition coefficient (Wildman–Crippen LogP) is 4.85. The maximum absolute atomic E-state index is 14.2. The Morgan fingerprint density at radius 2 is 1.78 bits per heavy atom. The number of carbonyl (C=O) groups excluding carboxylic acids is 1. The molecule has 0 spiro atoms.